The van der Waals surface area contributed by atoms with Gasteiger partial charge in [0.05, 0.1) is 26.1 Å². The zero-order chi connectivity index (χ0) is 15.5. The van der Waals surface area contributed by atoms with Crippen molar-refractivity contribution in [2.24, 2.45) is 0 Å². The molecule has 0 spiro atoms. The number of quaternary nitrogens is 1. The largest absolute Gasteiger partial charge is 0.341 e. The summed E-state index contributed by atoms with van der Waals surface area (Å²) in [7, 11) is 0. The number of hydrogen-bond acceptors (Lipinski definition) is 4. The highest BCUT2D eigenvalue weighted by Crippen LogP contribution is 2.18. The van der Waals surface area contributed by atoms with Crippen LogP contribution >= 0.6 is 0 Å². The van der Waals surface area contributed by atoms with Gasteiger partial charge in [-0.3, -0.25) is 4.79 Å². The zero-order valence-electron chi connectivity index (χ0n) is 13.0. The van der Waals surface area contributed by atoms with Crippen LogP contribution in [0.4, 0.5) is 0 Å². The van der Waals surface area contributed by atoms with E-state index in [-0.39, 0.29) is 12.3 Å². The number of amides is 1. The molecule has 1 amide bonds. The molecule has 1 aliphatic rings. The second kappa shape index (κ2) is 6.27. The van der Waals surface area contributed by atoms with Gasteiger partial charge in [-0.15, -0.1) is 0 Å². The molecule has 116 valence electrons. The Bertz CT molecular complexity index is 668. The van der Waals surface area contributed by atoms with Crippen molar-refractivity contribution in [3.63, 3.8) is 0 Å². The van der Waals surface area contributed by atoms with Crippen LogP contribution in [0.5, 0.6) is 0 Å². The summed E-state index contributed by atoms with van der Waals surface area (Å²) in [5, 5.41) is 6.19. The minimum absolute atomic E-state index is 0.0662. The minimum Gasteiger partial charge on any atom is -0.341 e. The lowest BCUT2D eigenvalue weighted by atomic mass is 10.1. The van der Waals surface area contributed by atoms with Gasteiger partial charge in [0, 0.05) is 5.56 Å². The first-order chi connectivity index (χ1) is 10.6. The van der Waals surface area contributed by atoms with Crippen molar-refractivity contribution >= 4 is 5.91 Å². The number of aromatic nitrogens is 2. The monoisotopic (exact) mass is 301 g/mol. The maximum atomic E-state index is 12.3. The quantitative estimate of drug-likeness (QED) is 0.889. The molecule has 0 bridgehead atoms. The fourth-order valence-electron chi connectivity index (χ4n) is 2.72. The molecule has 0 unspecified atom stereocenters. The second-order valence-corrected chi connectivity index (χ2v) is 5.90. The zero-order valence-corrected chi connectivity index (χ0v) is 13.0. The van der Waals surface area contributed by atoms with Gasteiger partial charge in [-0.1, -0.05) is 22.9 Å². The van der Waals surface area contributed by atoms with Crippen LogP contribution in [0, 0.1) is 6.92 Å². The van der Waals surface area contributed by atoms with E-state index in [2.05, 4.69) is 22.4 Å². The van der Waals surface area contributed by atoms with Gasteiger partial charge < -0.3 is 14.7 Å². The van der Waals surface area contributed by atoms with Crippen molar-refractivity contribution in [1.82, 2.24) is 15.0 Å². The Morgan fingerprint density at radius 3 is 3.14 bits per heavy atom. The minimum atomic E-state index is 0.0662. The topological polar surface area (TPSA) is 75.8 Å². The Morgan fingerprint density at radius 2 is 2.36 bits per heavy atom. The van der Waals surface area contributed by atoms with Crippen molar-refractivity contribution in [3.05, 3.63) is 35.7 Å². The highest BCUT2D eigenvalue weighted by atomic mass is 16.5. The van der Waals surface area contributed by atoms with Crippen LogP contribution in [0.15, 0.2) is 28.8 Å². The van der Waals surface area contributed by atoms with Crippen molar-refractivity contribution in [1.29, 1.82) is 0 Å². The van der Waals surface area contributed by atoms with E-state index in [1.807, 2.05) is 36.1 Å². The summed E-state index contributed by atoms with van der Waals surface area (Å²) < 4.78 is 5.28. The van der Waals surface area contributed by atoms with E-state index < -0.39 is 0 Å². The van der Waals surface area contributed by atoms with E-state index in [9.17, 15) is 4.79 Å². The van der Waals surface area contributed by atoms with Crippen LogP contribution in [0.25, 0.3) is 11.5 Å². The van der Waals surface area contributed by atoms with E-state index >= 15 is 0 Å². The Morgan fingerprint density at radius 1 is 1.50 bits per heavy atom. The molecule has 2 heterocycles. The Balaban J connectivity index is 1.68. The predicted molar refractivity (Wildman–Crippen MR) is 81.0 cm³/mol. The first-order valence-electron chi connectivity index (χ1n) is 7.62. The van der Waals surface area contributed by atoms with Crippen molar-refractivity contribution in [2.45, 2.75) is 26.3 Å². The number of aryl methyl sites for hydroxylation is 1. The molecular formula is C16H21N4O2+. The van der Waals surface area contributed by atoms with Gasteiger partial charge in [0.15, 0.2) is 5.82 Å². The van der Waals surface area contributed by atoms with E-state index in [0.29, 0.717) is 17.8 Å². The fraction of sp³-hybridized carbons (Fsp3) is 0.438. The number of nitrogens with two attached hydrogens (primary N) is 1. The van der Waals surface area contributed by atoms with Crippen molar-refractivity contribution in [3.8, 4) is 11.5 Å². The van der Waals surface area contributed by atoms with Crippen LogP contribution in [-0.2, 0) is 11.2 Å². The first-order valence-corrected chi connectivity index (χ1v) is 7.62. The summed E-state index contributed by atoms with van der Waals surface area (Å²) >= 11 is 0. The maximum absolute atomic E-state index is 12.3. The summed E-state index contributed by atoms with van der Waals surface area (Å²) in [5.41, 5.74) is 2.01. The third-order valence-corrected chi connectivity index (χ3v) is 3.87. The Kier molecular flexibility index (Phi) is 4.20. The average molecular weight is 301 g/mol. The van der Waals surface area contributed by atoms with Gasteiger partial charge >= 0.3 is 0 Å². The van der Waals surface area contributed by atoms with E-state index in [1.54, 1.807) is 0 Å². The number of piperazine rings is 1. The van der Waals surface area contributed by atoms with E-state index in [0.717, 1.165) is 30.8 Å². The third kappa shape index (κ3) is 3.33. The van der Waals surface area contributed by atoms with E-state index in [1.165, 1.54) is 0 Å². The lowest BCUT2D eigenvalue weighted by Gasteiger charge is -2.29. The molecule has 6 nitrogen and oxygen atoms in total. The molecule has 0 radical (unpaired) electrons. The van der Waals surface area contributed by atoms with Gasteiger partial charge in [-0.05, 0) is 26.0 Å². The molecule has 0 saturated carbocycles. The summed E-state index contributed by atoms with van der Waals surface area (Å²) in [5.74, 6) is 0.979. The van der Waals surface area contributed by atoms with Crippen molar-refractivity contribution < 1.29 is 14.6 Å². The molecule has 22 heavy (non-hydrogen) atoms. The van der Waals surface area contributed by atoms with Crippen LogP contribution in [0.3, 0.4) is 0 Å². The van der Waals surface area contributed by atoms with Crippen LogP contribution in [-0.4, -0.2) is 46.6 Å². The molecule has 1 aromatic heterocycles. The normalized spacial score (nSPS) is 18.5. The highest BCUT2D eigenvalue weighted by Gasteiger charge is 2.24. The molecule has 3 rings (SSSR count). The number of rotatable bonds is 3. The van der Waals surface area contributed by atoms with Gasteiger partial charge in [-0.2, -0.15) is 4.98 Å². The number of carbonyl (C=O) groups is 1. The number of benzene rings is 1. The number of hydrogen-bond donors (Lipinski definition) is 1. The molecular weight excluding hydrogens is 280 g/mol. The van der Waals surface area contributed by atoms with Gasteiger partial charge in [0.25, 0.3) is 5.89 Å². The fourth-order valence-corrected chi connectivity index (χ4v) is 2.72. The molecule has 2 aromatic rings. The van der Waals surface area contributed by atoms with E-state index in [4.69, 9.17) is 4.52 Å². The highest BCUT2D eigenvalue weighted by molar-refractivity contribution is 5.78. The first kappa shape index (κ1) is 14.7. The van der Waals surface area contributed by atoms with Crippen LogP contribution < -0.4 is 5.32 Å². The SMILES string of the molecule is Cc1cccc(-c2nc(CC(=O)N3CC[NH2+][C@H](C)C3)no2)c1. The average Bonchev–Trinajstić information content (AvgIpc) is 2.96. The molecule has 1 saturated heterocycles. The summed E-state index contributed by atoms with van der Waals surface area (Å²) in [6, 6.07) is 8.32. The molecule has 0 aliphatic carbocycles. The second-order valence-electron chi connectivity index (χ2n) is 5.90. The molecule has 1 aromatic carbocycles. The lowest BCUT2D eigenvalue weighted by molar-refractivity contribution is -0.693. The molecule has 1 atom stereocenters. The van der Waals surface area contributed by atoms with Gasteiger partial charge in [-0.25, -0.2) is 0 Å². The smallest absolute Gasteiger partial charge is 0.257 e. The standard InChI is InChI=1S/C16H20N4O2/c1-11-4-3-5-13(8-11)16-18-14(19-22-16)9-15(21)20-7-6-17-12(2)10-20/h3-5,8,12,17H,6-7,9-10H2,1-2H3/p+1/t12-/m1/s1. The lowest BCUT2D eigenvalue weighted by Crippen LogP contribution is -2.94. The van der Waals surface area contributed by atoms with Gasteiger partial charge in [0.2, 0.25) is 5.91 Å². The van der Waals surface area contributed by atoms with Crippen LogP contribution in [0.2, 0.25) is 0 Å². The third-order valence-electron chi connectivity index (χ3n) is 3.87. The number of nitrogens with zero attached hydrogens (tertiary/aromatic N) is 3. The molecule has 1 aliphatic heterocycles. The molecule has 1 fully saturated rings. The summed E-state index contributed by atoms with van der Waals surface area (Å²) in [4.78, 5) is 18.5. The van der Waals surface area contributed by atoms with Crippen LogP contribution in [0.1, 0.15) is 18.3 Å². The summed E-state index contributed by atoms with van der Waals surface area (Å²) in [6.07, 6.45) is 0.196. The Hall–Kier alpha value is -2.21. The predicted octanol–water partition coefficient (Wildman–Crippen LogP) is 0.382. The Labute approximate surface area is 129 Å². The molecule has 2 N–H and O–H groups in total. The molecule has 6 heteroatoms. The van der Waals surface area contributed by atoms with Crippen molar-refractivity contribution in [2.75, 3.05) is 19.6 Å². The van der Waals surface area contributed by atoms with Gasteiger partial charge in [0.1, 0.15) is 6.04 Å². The maximum Gasteiger partial charge on any atom is 0.257 e. The number of carbonyl (C=O) groups excluding carboxylic acids is 1. The summed E-state index contributed by atoms with van der Waals surface area (Å²) in [6.45, 7) is 6.66.